The molecule has 0 aliphatic rings. The molecule has 1 aromatic carbocycles. The summed E-state index contributed by atoms with van der Waals surface area (Å²) in [5, 5.41) is 0. The Labute approximate surface area is 89.1 Å². The van der Waals surface area contributed by atoms with Crippen molar-refractivity contribution in [3.05, 3.63) is 35.4 Å². The minimum Gasteiger partial charge on any atom is -0.368 e. The summed E-state index contributed by atoms with van der Waals surface area (Å²) in [6.07, 6.45) is 0. The molecule has 0 radical (unpaired) electrons. The molecule has 3 N–H and O–H groups in total. The van der Waals surface area contributed by atoms with E-state index in [1.807, 2.05) is 0 Å². The summed E-state index contributed by atoms with van der Waals surface area (Å²) < 4.78 is 26.1. The predicted octanol–water partition coefficient (Wildman–Crippen LogP) is 0.111. The zero-order valence-corrected chi connectivity index (χ0v) is 8.00. The van der Waals surface area contributed by atoms with E-state index in [1.165, 1.54) is 0 Å². The molecule has 1 aromatic rings. The van der Waals surface area contributed by atoms with Crippen molar-refractivity contribution in [1.82, 2.24) is 5.48 Å². The SMILES string of the molecule is NC(=O)CONC(=O)c1c(F)cccc1F. The number of benzene rings is 1. The Bertz CT molecular complexity index is 403. The van der Waals surface area contributed by atoms with Crippen LogP contribution in [0.5, 0.6) is 0 Å². The number of nitrogens with one attached hydrogen (secondary N) is 1. The Balaban J connectivity index is 2.70. The Morgan fingerprint density at radius 2 is 1.88 bits per heavy atom. The third kappa shape index (κ3) is 2.99. The number of amides is 2. The van der Waals surface area contributed by atoms with Crippen LogP contribution in [0.25, 0.3) is 0 Å². The molecular weight excluding hydrogens is 222 g/mol. The van der Waals surface area contributed by atoms with Gasteiger partial charge in [-0.3, -0.25) is 14.4 Å². The number of rotatable bonds is 4. The Hall–Kier alpha value is -2.02. The van der Waals surface area contributed by atoms with Gasteiger partial charge in [-0.15, -0.1) is 0 Å². The molecule has 0 saturated heterocycles. The maximum absolute atomic E-state index is 13.0. The van der Waals surface area contributed by atoms with Crippen LogP contribution in [0.1, 0.15) is 10.4 Å². The molecule has 0 aliphatic heterocycles. The van der Waals surface area contributed by atoms with E-state index >= 15 is 0 Å². The summed E-state index contributed by atoms with van der Waals surface area (Å²) in [5.74, 6) is -4.01. The summed E-state index contributed by atoms with van der Waals surface area (Å²) in [6, 6.07) is 2.96. The molecule has 0 fully saturated rings. The standard InChI is InChI=1S/C9H8F2N2O3/c10-5-2-1-3-6(11)8(5)9(15)13-16-4-7(12)14/h1-3H,4H2,(H2,12,14)(H,13,15). The molecule has 0 saturated carbocycles. The fourth-order valence-corrected chi connectivity index (χ4v) is 0.939. The zero-order valence-electron chi connectivity index (χ0n) is 8.00. The topological polar surface area (TPSA) is 81.4 Å². The molecule has 0 aromatic heterocycles. The highest BCUT2D eigenvalue weighted by molar-refractivity contribution is 5.94. The molecule has 0 spiro atoms. The van der Waals surface area contributed by atoms with E-state index < -0.39 is 35.6 Å². The van der Waals surface area contributed by atoms with E-state index in [1.54, 1.807) is 5.48 Å². The van der Waals surface area contributed by atoms with Crippen LogP contribution >= 0.6 is 0 Å². The molecule has 0 atom stereocenters. The largest absolute Gasteiger partial charge is 0.368 e. The molecule has 2 amide bonds. The van der Waals surface area contributed by atoms with E-state index in [0.29, 0.717) is 0 Å². The smallest absolute Gasteiger partial charge is 0.280 e. The molecule has 1 rings (SSSR count). The van der Waals surface area contributed by atoms with Gasteiger partial charge in [-0.1, -0.05) is 6.07 Å². The molecular formula is C9H8F2N2O3. The van der Waals surface area contributed by atoms with Crippen molar-refractivity contribution >= 4 is 11.8 Å². The third-order valence-corrected chi connectivity index (χ3v) is 1.57. The predicted molar refractivity (Wildman–Crippen MR) is 49.0 cm³/mol. The molecule has 7 heteroatoms. The number of nitrogens with two attached hydrogens (primary N) is 1. The summed E-state index contributed by atoms with van der Waals surface area (Å²) in [7, 11) is 0. The lowest BCUT2D eigenvalue weighted by molar-refractivity contribution is -0.124. The van der Waals surface area contributed by atoms with Gasteiger partial charge in [0.2, 0.25) is 5.91 Å². The highest BCUT2D eigenvalue weighted by Gasteiger charge is 2.16. The average Bonchev–Trinajstić information content (AvgIpc) is 2.16. The van der Waals surface area contributed by atoms with E-state index in [0.717, 1.165) is 18.2 Å². The second kappa shape index (κ2) is 5.17. The van der Waals surface area contributed by atoms with E-state index in [9.17, 15) is 18.4 Å². The number of hydrogen-bond acceptors (Lipinski definition) is 3. The minimum absolute atomic E-state index is 0.582. The highest BCUT2D eigenvalue weighted by atomic mass is 19.1. The number of halogens is 2. The Kier molecular flexibility index (Phi) is 3.90. The lowest BCUT2D eigenvalue weighted by Crippen LogP contribution is -2.30. The van der Waals surface area contributed by atoms with Crippen molar-refractivity contribution in [1.29, 1.82) is 0 Å². The summed E-state index contributed by atoms with van der Waals surface area (Å²) in [5.41, 5.74) is 5.62. The van der Waals surface area contributed by atoms with Gasteiger partial charge in [-0.2, -0.15) is 0 Å². The highest BCUT2D eigenvalue weighted by Crippen LogP contribution is 2.11. The first-order valence-electron chi connectivity index (χ1n) is 4.17. The second-order valence-electron chi connectivity index (χ2n) is 2.78. The van der Waals surface area contributed by atoms with Crippen LogP contribution in [0.4, 0.5) is 8.78 Å². The maximum Gasteiger partial charge on any atom is 0.280 e. The maximum atomic E-state index is 13.0. The molecule has 0 unspecified atom stereocenters. The van der Waals surface area contributed by atoms with Crippen molar-refractivity contribution in [2.45, 2.75) is 0 Å². The van der Waals surface area contributed by atoms with Crippen molar-refractivity contribution in [3.8, 4) is 0 Å². The summed E-state index contributed by atoms with van der Waals surface area (Å²) >= 11 is 0. The molecule has 0 aliphatic carbocycles. The van der Waals surface area contributed by atoms with Crippen LogP contribution in [0, 0.1) is 11.6 Å². The first-order valence-corrected chi connectivity index (χ1v) is 4.17. The fraction of sp³-hybridized carbons (Fsp3) is 0.111. The van der Waals surface area contributed by atoms with Gasteiger partial charge in [0, 0.05) is 0 Å². The first kappa shape index (κ1) is 12.1. The van der Waals surface area contributed by atoms with E-state index in [2.05, 4.69) is 4.84 Å². The van der Waals surface area contributed by atoms with Crippen molar-refractivity contribution in [2.24, 2.45) is 5.73 Å². The van der Waals surface area contributed by atoms with Gasteiger partial charge in [-0.05, 0) is 12.1 Å². The van der Waals surface area contributed by atoms with Gasteiger partial charge in [0.15, 0.2) is 6.61 Å². The van der Waals surface area contributed by atoms with Gasteiger partial charge >= 0.3 is 0 Å². The number of primary amides is 1. The molecule has 0 bridgehead atoms. The Morgan fingerprint density at radius 3 is 2.38 bits per heavy atom. The van der Waals surface area contributed by atoms with Crippen LogP contribution in [-0.2, 0) is 9.63 Å². The van der Waals surface area contributed by atoms with Gasteiger partial charge in [0.05, 0.1) is 0 Å². The Morgan fingerprint density at radius 1 is 1.31 bits per heavy atom. The average molecular weight is 230 g/mol. The van der Waals surface area contributed by atoms with Crippen LogP contribution < -0.4 is 11.2 Å². The lowest BCUT2D eigenvalue weighted by Gasteiger charge is -2.05. The van der Waals surface area contributed by atoms with Gasteiger partial charge in [0.25, 0.3) is 5.91 Å². The molecule has 0 heterocycles. The number of hydrogen-bond donors (Lipinski definition) is 2. The number of carbonyl (C=O) groups is 2. The third-order valence-electron chi connectivity index (χ3n) is 1.57. The van der Waals surface area contributed by atoms with Crippen molar-refractivity contribution in [3.63, 3.8) is 0 Å². The summed E-state index contributed by atoms with van der Waals surface area (Å²) in [4.78, 5) is 25.8. The summed E-state index contributed by atoms with van der Waals surface area (Å²) in [6.45, 7) is -0.582. The van der Waals surface area contributed by atoms with Gasteiger partial charge in [0.1, 0.15) is 17.2 Å². The first-order chi connectivity index (χ1) is 7.52. The van der Waals surface area contributed by atoms with Gasteiger partial charge < -0.3 is 5.73 Å². The second-order valence-corrected chi connectivity index (χ2v) is 2.78. The molecule has 16 heavy (non-hydrogen) atoms. The van der Waals surface area contributed by atoms with Gasteiger partial charge in [-0.25, -0.2) is 14.3 Å². The van der Waals surface area contributed by atoms with E-state index in [-0.39, 0.29) is 0 Å². The minimum atomic E-state index is -1.13. The number of hydroxylamine groups is 1. The fourth-order valence-electron chi connectivity index (χ4n) is 0.939. The van der Waals surface area contributed by atoms with Crippen LogP contribution in [0.2, 0.25) is 0 Å². The normalized spacial score (nSPS) is 9.88. The van der Waals surface area contributed by atoms with Crippen LogP contribution in [0.3, 0.4) is 0 Å². The lowest BCUT2D eigenvalue weighted by atomic mass is 10.2. The quantitative estimate of drug-likeness (QED) is 0.720. The van der Waals surface area contributed by atoms with Crippen molar-refractivity contribution < 1.29 is 23.2 Å². The van der Waals surface area contributed by atoms with Crippen molar-refractivity contribution in [2.75, 3.05) is 6.61 Å². The zero-order chi connectivity index (χ0) is 12.1. The molecule has 86 valence electrons. The van der Waals surface area contributed by atoms with E-state index in [4.69, 9.17) is 5.73 Å². The molecule has 5 nitrogen and oxygen atoms in total. The number of carbonyl (C=O) groups excluding carboxylic acids is 2. The van der Waals surface area contributed by atoms with Crippen LogP contribution in [0.15, 0.2) is 18.2 Å². The monoisotopic (exact) mass is 230 g/mol. The van der Waals surface area contributed by atoms with Crippen LogP contribution in [-0.4, -0.2) is 18.4 Å².